The predicted octanol–water partition coefficient (Wildman–Crippen LogP) is 2.67. The van der Waals surface area contributed by atoms with E-state index in [1.807, 2.05) is 0 Å². The molecule has 0 fully saturated rings. The van der Waals surface area contributed by atoms with Crippen molar-refractivity contribution in [3.05, 3.63) is 54.0 Å². The topological polar surface area (TPSA) is 110 Å². The number of anilines is 1. The summed E-state index contributed by atoms with van der Waals surface area (Å²) in [7, 11) is 0. The second-order valence-electron chi connectivity index (χ2n) is 6.81. The lowest BCUT2D eigenvalue weighted by Crippen LogP contribution is -2.49. The van der Waals surface area contributed by atoms with Crippen LogP contribution in [0.1, 0.15) is 36.9 Å². The minimum atomic E-state index is -0.717. The molecule has 8 heteroatoms. The van der Waals surface area contributed by atoms with Crippen molar-refractivity contribution < 1.29 is 23.5 Å². The number of hydrogen-bond donors (Lipinski definition) is 3. The summed E-state index contributed by atoms with van der Waals surface area (Å²) < 4.78 is 10.2. The van der Waals surface area contributed by atoms with Crippen molar-refractivity contribution in [3.63, 3.8) is 0 Å². The largest absolute Gasteiger partial charge is 0.467 e. The standard InChI is InChI=1S/C19H23N3O5/c1-19(2,3)22-18(25)21-16(23)12-27-17(24)14-8-4-5-9-15(14)20-11-13-7-6-10-26-13/h4-10,20H,11-12H2,1-3H3,(H2,21,22,23,25). The molecule has 2 rings (SSSR count). The SMILES string of the molecule is CC(C)(C)NC(=O)NC(=O)COC(=O)c1ccccc1NCc1ccco1. The Bertz CT molecular complexity index is 794. The molecule has 0 aliphatic heterocycles. The normalized spacial score (nSPS) is 10.8. The van der Waals surface area contributed by atoms with E-state index in [1.165, 1.54) is 0 Å². The van der Waals surface area contributed by atoms with Crippen LogP contribution in [0.15, 0.2) is 47.1 Å². The van der Waals surface area contributed by atoms with Gasteiger partial charge in [-0.3, -0.25) is 10.1 Å². The smallest absolute Gasteiger partial charge is 0.340 e. The highest BCUT2D eigenvalue weighted by Gasteiger charge is 2.18. The lowest BCUT2D eigenvalue weighted by Gasteiger charge is -2.20. The number of carbonyl (C=O) groups excluding carboxylic acids is 3. The van der Waals surface area contributed by atoms with E-state index in [0.717, 1.165) is 0 Å². The van der Waals surface area contributed by atoms with E-state index in [1.54, 1.807) is 63.4 Å². The molecule has 0 radical (unpaired) electrons. The summed E-state index contributed by atoms with van der Waals surface area (Å²) in [5.74, 6) is -0.683. The Balaban J connectivity index is 1.88. The quantitative estimate of drug-likeness (QED) is 0.672. The fraction of sp³-hybridized carbons (Fsp3) is 0.316. The van der Waals surface area contributed by atoms with Crippen LogP contribution in [-0.2, 0) is 16.1 Å². The van der Waals surface area contributed by atoms with Crippen molar-refractivity contribution in [2.75, 3.05) is 11.9 Å². The Morgan fingerprint density at radius 1 is 1.07 bits per heavy atom. The molecule has 144 valence electrons. The lowest BCUT2D eigenvalue weighted by atomic mass is 10.1. The molecule has 27 heavy (non-hydrogen) atoms. The molecule has 3 N–H and O–H groups in total. The van der Waals surface area contributed by atoms with Crippen LogP contribution in [0.2, 0.25) is 0 Å². The number of amides is 3. The number of benzene rings is 1. The zero-order chi connectivity index (χ0) is 19.9. The van der Waals surface area contributed by atoms with Gasteiger partial charge in [0.2, 0.25) is 0 Å². The Labute approximate surface area is 157 Å². The fourth-order valence-corrected chi connectivity index (χ4v) is 2.15. The third-order valence-corrected chi connectivity index (χ3v) is 3.26. The van der Waals surface area contributed by atoms with Gasteiger partial charge in [0.05, 0.1) is 18.4 Å². The Morgan fingerprint density at radius 2 is 1.81 bits per heavy atom. The summed E-state index contributed by atoms with van der Waals surface area (Å²) in [4.78, 5) is 35.7. The molecule has 0 aliphatic carbocycles. The molecule has 0 unspecified atom stereocenters. The van der Waals surface area contributed by atoms with E-state index in [2.05, 4.69) is 16.0 Å². The highest BCUT2D eigenvalue weighted by molar-refractivity contribution is 5.99. The van der Waals surface area contributed by atoms with Crippen molar-refractivity contribution >= 4 is 23.6 Å². The maximum Gasteiger partial charge on any atom is 0.340 e. The van der Waals surface area contributed by atoms with E-state index < -0.39 is 30.1 Å². The first kappa shape index (κ1) is 20.0. The van der Waals surface area contributed by atoms with Crippen LogP contribution in [0.5, 0.6) is 0 Å². The number of urea groups is 1. The molecule has 0 saturated heterocycles. The van der Waals surface area contributed by atoms with Crippen molar-refractivity contribution in [1.29, 1.82) is 0 Å². The number of hydrogen-bond acceptors (Lipinski definition) is 6. The Kier molecular flexibility index (Phi) is 6.59. The number of esters is 1. The Morgan fingerprint density at radius 3 is 2.48 bits per heavy atom. The van der Waals surface area contributed by atoms with E-state index >= 15 is 0 Å². The molecule has 3 amide bonds. The second kappa shape index (κ2) is 8.88. The summed E-state index contributed by atoms with van der Waals surface area (Å²) in [6, 6.07) is 9.68. The van der Waals surface area contributed by atoms with Crippen LogP contribution >= 0.6 is 0 Å². The zero-order valence-electron chi connectivity index (χ0n) is 15.5. The van der Waals surface area contributed by atoms with Crippen LogP contribution in [0.25, 0.3) is 0 Å². The van der Waals surface area contributed by atoms with Crippen LogP contribution in [0.3, 0.4) is 0 Å². The summed E-state index contributed by atoms with van der Waals surface area (Å²) >= 11 is 0. The van der Waals surface area contributed by atoms with E-state index in [-0.39, 0.29) is 5.56 Å². The fourth-order valence-electron chi connectivity index (χ4n) is 2.15. The van der Waals surface area contributed by atoms with Gasteiger partial charge in [-0.2, -0.15) is 0 Å². The maximum atomic E-state index is 12.3. The maximum absolute atomic E-state index is 12.3. The number of furan rings is 1. The van der Waals surface area contributed by atoms with Crippen LogP contribution < -0.4 is 16.0 Å². The van der Waals surface area contributed by atoms with Gasteiger partial charge in [-0.05, 0) is 45.0 Å². The number of ether oxygens (including phenoxy) is 1. The van der Waals surface area contributed by atoms with Gasteiger partial charge < -0.3 is 19.8 Å². The van der Waals surface area contributed by atoms with E-state index in [9.17, 15) is 14.4 Å². The number of nitrogens with one attached hydrogen (secondary N) is 3. The Hall–Kier alpha value is -3.29. The molecule has 0 atom stereocenters. The van der Waals surface area contributed by atoms with E-state index in [0.29, 0.717) is 18.0 Å². The van der Waals surface area contributed by atoms with Crippen LogP contribution in [-0.4, -0.2) is 30.1 Å². The molecule has 8 nitrogen and oxygen atoms in total. The molecule has 2 aromatic rings. The van der Waals surface area contributed by atoms with Gasteiger partial charge >= 0.3 is 12.0 Å². The molecular weight excluding hydrogens is 350 g/mol. The van der Waals surface area contributed by atoms with Crippen molar-refractivity contribution in [2.24, 2.45) is 0 Å². The average Bonchev–Trinajstić information content (AvgIpc) is 3.10. The van der Waals surface area contributed by atoms with Crippen molar-refractivity contribution in [2.45, 2.75) is 32.9 Å². The number of rotatable bonds is 6. The minimum Gasteiger partial charge on any atom is -0.467 e. The summed E-state index contributed by atoms with van der Waals surface area (Å²) in [5, 5.41) is 7.77. The molecule has 1 aromatic carbocycles. The first-order valence-electron chi connectivity index (χ1n) is 8.39. The first-order chi connectivity index (χ1) is 12.7. The third kappa shape index (κ3) is 6.85. The van der Waals surface area contributed by atoms with E-state index in [4.69, 9.17) is 9.15 Å². The minimum absolute atomic E-state index is 0.274. The number of carbonyl (C=O) groups is 3. The van der Waals surface area contributed by atoms with Gasteiger partial charge in [-0.25, -0.2) is 9.59 Å². The second-order valence-corrected chi connectivity index (χ2v) is 6.81. The summed E-state index contributed by atoms with van der Waals surface area (Å²) in [5.41, 5.74) is 0.334. The molecule has 0 bridgehead atoms. The molecule has 0 aliphatic rings. The van der Waals surface area contributed by atoms with Crippen molar-refractivity contribution in [3.8, 4) is 0 Å². The molecule has 0 saturated carbocycles. The molecule has 1 heterocycles. The third-order valence-electron chi connectivity index (χ3n) is 3.26. The molecular formula is C19H23N3O5. The van der Waals surface area contributed by atoms with Gasteiger partial charge in [0.25, 0.3) is 5.91 Å². The van der Waals surface area contributed by atoms with Crippen molar-refractivity contribution in [1.82, 2.24) is 10.6 Å². The molecule has 1 aromatic heterocycles. The van der Waals surface area contributed by atoms with Gasteiger partial charge in [0.1, 0.15) is 5.76 Å². The van der Waals surface area contributed by atoms with Gasteiger partial charge in [0, 0.05) is 11.2 Å². The average molecular weight is 373 g/mol. The monoisotopic (exact) mass is 373 g/mol. The van der Waals surface area contributed by atoms with Crippen LogP contribution in [0, 0.1) is 0 Å². The lowest BCUT2D eigenvalue weighted by molar-refractivity contribution is -0.123. The van der Waals surface area contributed by atoms with Crippen LogP contribution in [0.4, 0.5) is 10.5 Å². The first-order valence-corrected chi connectivity index (χ1v) is 8.39. The van der Waals surface area contributed by atoms with Gasteiger partial charge in [0.15, 0.2) is 6.61 Å². The summed E-state index contributed by atoms with van der Waals surface area (Å²) in [6.07, 6.45) is 1.56. The number of para-hydroxylation sites is 1. The zero-order valence-corrected chi connectivity index (χ0v) is 15.5. The number of imide groups is 1. The predicted molar refractivity (Wildman–Crippen MR) is 99.2 cm³/mol. The highest BCUT2D eigenvalue weighted by Crippen LogP contribution is 2.17. The summed E-state index contributed by atoms with van der Waals surface area (Å²) in [6.45, 7) is 5.17. The molecule has 0 spiro atoms. The highest BCUT2D eigenvalue weighted by atomic mass is 16.5. The van der Waals surface area contributed by atoms with Gasteiger partial charge in [-0.15, -0.1) is 0 Å². The van der Waals surface area contributed by atoms with Gasteiger partial charge in [-0.1, -0.05) is 12.1 Å².